The Bertz CT molecular complexity index is 2150. The van der Waals surface area contributed by atoms with Gasteiger partial charge in [-0.05, 0) is 0 Å². The molecule has 10 heteroatoms. The van der Waals surface area contributed by atoms with Crippen LogP contribution in [0, 0.1) is 0 Å². The van der Waals surface area contributed by atoms with Crippen molar-refractivity contribution in [1.29, 1.82) is 0 Å². The van der Waals surface area contributed by atoms with E-state index in [9.17, 15) is 0 Å². The summed E-state index contributed by atoms with van der Waals surface area (Å²) in [6.07, 6.45) is 0. The van der Waals surface area contributed by atoms with Crippen LogP contribution < -0.4 is 31.8 Å². The van der Waals surface area contributed by atoms with Gasteiger partial charge in [-0.1, -0.05) is 0 Å². The molecule has 0 fully saturated rings. The summed E-state index contributed by atoms with van der Waals surface area (Å²) in [5.74, 6) is 5.36. The molecule has 0 saturated carbocycles. The topological polar surface area (TPSA) is 73.8 Å². The Morgan fingerprint density at radius 1 is 0.393 bits per heavy atom. The second kappa shape index (κ2) is 15.1. The van der Waals surface area contributed by atoms with E-state index in [0.29, 0.717) is 46.0 Å². The van der Waals surface area contributed by atoms with Crippen LogP contribution in [0.25, 0.3) is 33.4 Å². The molecule has 0 N–H and O–H groups in total. The summed E-state index contributed by atoms with van der Waals surface area (Å²) in [6.45, 7) is 12.9. The van der Waals surface area contributed by atoms with E-state index in [0.717, 1.165) is 44.5 Å². The van der Waals surface area contributed by atoms with Crippen molar-refractivity contribution >= 4 is 31.4 Å². The Balaban J connectivity index is 1.32. The number of hydrogen-bond acceptors (Lipinski definition) is 8. The van der Waals surface area contributed by atoms with Gasteiger partial charge in [0.1, 0.15) is 0 Å². The van der Waals surface area contributed by atoms with Gasteiger partial charge in [0.2, 0.25) is 0 Å². The van der Waals surface area contributed by atoms with E-state index in [1.807, 2.05) is 121 Å². The van der Waals surface area contributed by atoms with Crippen molar-refractivity contribution in [1.82, 2.24) is 0 Å². The van der Waals surface area contributed by atoms with Crippen LogP contribution in [0.3, 0.4) is 0 Å². The second-order valence-corrected chi connectivity index (χ2v) is 19.8. The first kappa shape index (κ1) is 37.7. The molecular weight excluding hydrogens is 830 g/mol. The van der Waals surface area contributed by atoms with E-state index in [4.69, 9.17) is 31.8 Å². The summed E-state index contributed by atoms with van der Waals surface area (Å²) in [5, 5.41) is 0. The SMILES string of the molecule is COc1cc(-c2cc(OC)cc(C(C)(C)C)c2O[As]2Oc3ccccc3-c3ccccc3O2)c(O[As]2Oc3ccccc3-c3ccccc3O2)c(C(C)(C)C)c1. The molecule has 0 amide bonds. The monoisotopic (exact) mass is 874 g/mol. The zero-order valence-corrected chi connectivity index (χ0v) is 36.5. The van der Waals surface area contributed by atoms with Gasteiger partial charge in [0.25, 0.3) is 0 Å². The van der Waals surface area contributed by atoms with Crippen molar-refractivity contribution in [3.05, 3.63) is 132 Å². The molecule has 0 aromatic heterocycles. The fourth-order valence-corrected chi connectivity index (χ4v) is 11.4. The standard InChI is InChI=1S/C46H44As2O8/c1-45(2,3)37-27-29(49-7)25-35(43(37)55-47-51-39-21-13-9-17-31(39)32-18-10-14-22-40(32)52-47)36-26-30(50-8)28-38(46(4,5)6)44(36)56-48-53-41-23-15-11-19-33(41)34-20-12-16-24-42(34)54-48/h9-28H,1-8H3. The van der Waals surface area contributed by atoms with E-state index in [-0.39, 0.29) is 0 Å². The average molecular weight is 875 g/mol. The van der Waals surface area contributed by atoms with Crippen LogP contribution in [0.1, 0.15) is 52.7 Å². The Kier molecular flexibility index (Phi) is 10.2. The molecule has 6 aromatic rings. The number of rotatable bonds is 7. The van der Waals surface area contributed by atoms with Crippen LogP contribution in [0.15, 0.2) is 121 Å². The van der Waals surface area contributed by atoms with Gasteiger partial charge in [0.15, 0.2) is 0 Å². The van der Waals surface area contributed by atoms with Gasteiger partial charge in [-0.15, -0.1) is 0 Å². The molecule has 0 spiro atoms. The molecule has 8 nitrogen and oxygen atoms in total. The second-order valence-electron chi connectivity index (χ2n) is 15.6. The van der Waals surface area contributed by atoms with Crippen molar-refractivity contribution < 1.29 is 31.8 Å². The predicted molar refractivity (Wildman–Crippen MR) is 221 cm³/mol. The molecule has 2 aliphatic heterocycles. The third-order valence-corrected chi connectivity index (χ3v) is 13.9. The predicted octanol–water partition coefficient (Wildman–Crippen LogP) is 11.0. The summed E-state index contributed by atoms with van der Waals surface area (Å²) in [6, 6.07) is 39.9. The first-order valence-corrected chi connectivity index (χ1v) is 23.0. The molecule has 0 unspecified atom stereocenters. The minimum atomic E-state index is -3.09. The van der Waals surface area contributed by atoms with Crippen molar-refractivity contribution in [3.63, 3.8) is 0 Å². The maximum atomic E-state index is 7.15. The van der Waals surface area contributed by atoms with Crippen LogP contribution in [0.5, 0.6) is 46.0 Å². The van der Waals surface area contributed by atoms with Crippen LogP contribution >= 0.6 is 0 Å². The molecule has 0 saturated heterocycles. The first-order chi connectivity index (χ1) is 26.9. The Labute approximate surface area is 339 Å². The Morgan fingerprint density at radius 3 is 0.946 bits per heavy atom. The number of ether oxygens (including phenoxy) is 2. The Hall–Kier alpha value is -5.16. The van der Waals surface area contributed by atoms with Crippen molar-refractivity contribution in [2.24, 2.45) is 0 Å². The van der Waals surface area contributed by atoms with Crippen molar-refractivity contribution in [2.45, 2.75) is 52.4 Å². The summed E-state index contributed by atoms with van der Waals surface area (Å²) < 4.78 is 53.1. The minimum absolute atomic E-state index is 0.391. The summed E-state index contributed by atoms with van der Waals surface area (Å²) in [4.78, 5) is 0. The molecule has 56 heavy (non-hydrogen) atoms. The van der Waals surface area contributed by atoms with Gasteiger partial charge in [-0.2, -0.15) is 0 Å². The van der Waals surface area contributed by atoms with Crippen LogP contribution in [-0.4, -0.2) is 45.6 Å². The Morgan fingerprint density at radius 2 is 0.679 bits per heavy atom. The van der Waals surface area contributed by atoms with Gasteiger partial charge in [-0.3, -0.25) is 0 Å². The third kappa shape index (κ3) is 7.41. The summed E-state index contributed by atoms with van der Waals surface area (Å²) in [5.41, 5.74) is 6.29. The molecule has 286 valence electrons. The first-order valence-electron chi connectivity index (χ1n) is 18.4. The third-order valence-electron chi connectivity index (χ3n) is 9.65. The van der Waals surface area contributed by atoms with Crippen LogP contribution in [-0.2, 0) is 10.8 Å². The maximum absolute atomic E-state index is 7.15. The summed E-state index contributed by atoms with van der Waals surface area (Å²) in [7, 11) is 3.34. The van der Waals surface area contributed by atoms with E-state index < -0.39 is 42.2 Å². The number of fused-ring (bicyclic) bond motifs is 6. The molecule has 0 atom stereocenters. The number of hydrogen-bond donors (Lipinski definition) is 0. The van der Waals surface area contributed by atoms with Gasteiger partial charge >= 0.3 is 342 Å². The van der Waals surface area contributed by atoms with Gasteiger partial charge in [0, 0.05) is 0 Å². The molecule has 0 bridgehead atoms. The van der Waals surface area contributed by atoms with Crippen LogP contribution in [0.4, 0.5) is 0 Å². The van der Waals surface area contributed by atoms with Crippen LogP contribution in [0.2, 0.25) is 0 Å². The number of methoxy groups -OCH3 is 2. The number of para-hydroxylation sites is 4. The quantitative estimate of drug-likeness (QED) is 0.147. The molecule has 8 rings (SSSR count). The molecule has 2 aliphatic rings. The zero-order valence-electron chi connectivity index (χ0n) is 32.7. The van der Waals surface area contributed by atoms with Gasteiger partial charge < -0.3 is 0 Å². The normalized spacial score (nSPS) is 13.8. The molecule has 0 radical (unpaired) electrons. The van der Waals surface area contributed by atoms with E-state index in [1.54, 1.807) is 14.2 Å². The van der Waals surface area contributed by atoms with E-state index >= 15 is 0 Å². The van der Waals surface area contributed by atoms with E-state index in [2.05, 4.69) is 41.5 Å². The van der Waals surface area contributed by atoms with Crippen molar-refractivity contribution in [2.75, 3.05) is 14.2 Å². The fraction of sp³-hybridized carbons (Fsp3) is 0.217. The molecule has 0 aliphatic carbocycles. The molecular formula is C46H44As2O8. The van der Waals surface area contributed by atoms with Gasteiger partial charge in [0.05, 0.1) is 0 Å². The van der Waals surface area contributed by atoms with Gasteiger partial charge in [-0.25, -0.2) is 0 Å². The number of benzene rings is 6. The van der Waals surface area contributed by atoms with Crippen molar-refractivity contribution in [3.8, 4) is 79.4 Å². The molecule has 6 aromatic carbocycles. The van der Waals surface area contributed by atoms with E-state index in [1.165, 1.54) is 0 Å². The molecule has 2 heterocycles. The average Bonchev–Trinajstić information content (AvgIpc) is 3.44. The zero-order chi connectivity index (χ0) is 39.2. The fourth-order valence-electron chi connectivity index (χ4n) is 6.81. The summed E-state index contributed by atoms with van der Waals surface area (Å²) >= 11 is -6.18.